The van der Waals surface area contributed by atoms with E-state index in [0.717, 1.165) is 36.5 Å². The molecule has 1 heterocycles. The summed E-state index contributed by atoms with van der Waals surface area (Å²) in [5.74, 6) is 0. The number of benzene rings is 1. The predicted octanol–water partition coefficient (Wildman–Crippen LogP) is 4.16. The van der Waals surface area contributed by atoms with E-state index in [4.69, 9.17) is 11.6 Å². The van der Waals surface area contributed by atoms with Crippen LogP contribution in [0.25, 0.3) is 0 Å². The Morgan fingerprint density at radius 1 is 1.16 bits per heavy atom. The first-order valence-corrected chi connectivity index (χ1v) is 8.26. The molecule has 1 fully saturated rings. The molecule has 1 saturated heterocycles. The van der Waals surface area contributed by atoms with Crippen LogP contribution in [0.4, 0.5) is 5.69 Å². The molecule has 0 bridgehead atoms. The topological polar surface area (TPSA) is 6.48 Å². The van der Waals surface area contributed by atoms with Crippen molar-refractivity contribution in [2.75, 3.05) is 31.1 Å². The fourth-order valence-corrected chi connectivity index (χ4v) is 3.23. The lowest BCUT2D eigenvalue weighted by Gasteiger charge is -2.43. The maximum absolute atomic E-state index is 6.07. The van der Waals surface area contributed by atoms with Gasteiger partial charge in [0.25, 0.3) is 0 Å². The van der Waals surface area contributed by atoms with Gasteiger partial charge in [-0.25, -0.2) is 0 Å². The standard InChI is InChI=1S/C15H22BrClN2/c1-15(2,3)19-8-6-18(7-9-19)14-5-4-13(17)10-12(14)11-16/h4-5,10H,6-9,11H2,1-3H3. The number of hydrogen-bond acceptors (Lipinski definition) is 2. The second-order valence-corrected chi connectivity index (χ2v) is 7.05. The van der Waals surface area contributed by atoms with Crippen molar-refractivity contribution in [3.63, 3.8) is 0 Å². The summed E-state index contributed by atoms with van der Waals surface area (Å²) < 4.78 is 0. The third kappa shape index (κ3) is 3.65. The SMILES string of the molecule is CC(C)(C)N1CCN(c2ccc(Cl)cc2CBr)CC1. The summed E-state index contributed by atoms with van der Waals surface area (Å²) in [6, 6.07) is 6.19. The Labute approximate surface area is 129 Å². The molecule has 1 aromatic rings. The van der Waals surface area contributed by atoms with Crippen molar-refractivity contribution in [3.05, 3.63) is 28.8 Å². The average molecular weight is 346 g/mol. The normalized spacial score (nSPS) is 17.8. The Hall–Kier alpha value is -0.250. The van der Waals surface area contributed by atoms with Crippen LogP contribution in [0.15, 0.2) is 18.2 Å². The number of hydrogen-bond donors (Lipinski definition) is 0. The minimum Gasteiger partial charge on any atom is -0.369 e. The number of nitrogens with zero attached hydrogens (tertiary/aromatic N) is 2. The number of anilines is 1. The van der Waals surface area contributed by atoms with E-state index in [9.17, 15) is 0 Å². The zero-order valence-corrected chi connectivity index (χ0v) is 14.3. The van der Waals surface area contributed by atoms with Gasteiger partial charge in [-0.05, 0) is 44.5 Å². The molecule has 4 heteroatoms. The molecule has 2 rings (SSSR count). The Bertz CT molecular complexity index is 434. The first-order chi connectivity index (χ1) is 8.91. The molecule has 1 aromatic carbocycles. The van der Waals surface area contributed by atoms with Crippen molar-refractivity contribution in [1.82, 2.24) is 4.90 Å². The highest BCUT2D eigenvalue weighted by atomic mass is 79.9. The number of alkyl halides is 1. The number of piperazine rings is 1. The van der Waals surface area contributed by atoms with Gasteiger partial charge < -0.3 is 4.90 Å². The summed E-state index contributed by atoms with van der Waals surface area (Å²) in [7, 11) is 0. The van der Waals surface area contributed by atoms with E-state index in [1.807, 2.05) is 6.07 Å². The van der Waals surface area contributed by atoms with Gasteiger partial charge in [0.1, 0.15) is 0 Å². The van der Waals surface area contributed by atoms with Crippen LogP contribution >= 0.6 is 27.5 Å². The molecule has 0 atom stereocenters. The fourth-order valence-electron chi connectivity index (χ4n) is 2.59. The van der Waals surface area contributed by atoms with Gasteiger partial charge in [-0.1, -0.05) is 27.5 Å². The van der Waals surface area contributed by atoms with E-state index < -0.39 is 0 Å². The van der Waals surface area contributed by atoms with Gasteiger partial charge in [-0.15, -0.1) is 0 Å². The molecule has 0 saturated carbocycles. The molecule has 106 valence electrons. The molecule has 0 unspecified atom stereocenters. The monoisotopic (exact) mass is 344 g/mol. The maximum Gasteiger partial charge on any atom is 0.0410 e. The molecule has 0 spiro atoms. The van der Waals surface area contributed by atoms with Crippen LogP contribution < -0.4 is 4.90 Å². The molecule has 0 N–H and O–H groups in total. The van der Waals surface area contributed by atoms with Crippen LogP contribution in [0.5, 0.6) is 0 Å². The van der Waals surface area contributed by atoms with Crippen LogP contribution in [0.3, 0.4) is 0 Å². The van der Waals surface area contributed by atoms with Gasteiger partial charge in [0, 0.05) is 47.8 Å². The van der Waals surface area contributed by atoms with Crippen LogP contribution in [0.1, 0.15) is 26.3 Å². The van der Waals surface area contributed by atoms with Crippen molar-refractivity contribution in [2.24, 2.45) is 0 Å². The highest BCUT2D eigenvalue weighted by molar-refractivity contribution is 9.08. The molecule has 2 nitrogen and oxygen atoms in total. The molecule has 0 aliphatic carbocycles. The number of halogens is 2. The lowest BCUT2D eigenvalue weighted by molar-refractivity contribution is 0.128. The van der Waals surface area contributed by atoms with Gasteiger partial charge in [-0.2, -0.15) is 0 Å². The van der Waals surface area contributed by atoms with Gasteiger partial charge in [0.15, 0.2) is 0 Å². The molecular formula is C15H22BrClN2. The van der Waals surface area contributed by atoms with E-state index in [2.05, 4.69) is 58.6 Å². The lowest BCUT2D eigenvalue weighted by atomic mass is 10.0. The third-order valence-corrected chi connectivity index (χ3v) is 4.59. The average Bonchev–Trinajstić information content (AvgIpc) is 2.37. The number of rotatable bonds is 2. The second kappa shape index (κ2) is 6.02. The smallest absolute Gasteiger partial charge is 0.0410 e. The van der Waals surface area contributed by atoms with Gasteiger partial charge in [0.05, 0.1) is 0 Å². The summed E-state index contributed by atoms with van der Waals surface area (Å²) in [6.07, 6.45) is 0. The van der Waals surface area contributed by atoms with E-state index in [1.165, 1.54) is 11.3 Å². The summed E-state index contributed by atoms with van der Waals surface area (Å²) in [6.45, 7) is 11.3. The van der Waals surface area contributed by atoms with Gasteiger partial charge in [-0.3, -0.25) is 4.90 Å². The molecule has 0 amide bonds. The molecular weight excluding hydrogens is 324 g/mol. The van der Waals surface area contributed by atoms with Gasteiger partial charge in [0.2, 0.25) is 0 Å². The van der Waals surface area contributed by atoms with Crippen LogP contribution in [0, 0.1) is 0 Å². The second-order valence-electron chi connectivity index (χ2n) is 6.05. The zero-order chi connectivity index (χ0) is 14.0. The Kier molecular flexibility index (Phi) is 4.80. The van der Waals surface area contributed by atoms with E-state index >= 15 is 0 Å². The minimum atomic E-state index is 0.268. The van der Waals surface area contributed by atoms with Crippen molar-refractivity contribution in [3.8, 4) is 0 Å². The van der Waals surface area contributed by atoms with Crippen LogP contribution in [-0.2, 0) is 5.33 Å². The molecule has 1 aliphatic rings. The van der Waals surface area contributed by atoms with Crippen molar-refractivity contribution in [1.29, 1.82) is 0 Å². The molecule has 19 heavy (non-hydrogen) atoms. The van der Waals surface area contributed by atoms with E-state index in [1.54, 1.807) is 0 Å². The highest BCUT2D eigenvalue weighted by Crippen LogP contribution is 2.28. The van der Waals surface area contributed by atoms with E-state index in [0.29, 0.717) is 0 Å². The maximum atomic E-state index is 6.07. The Morgan fingerprint density at radius 3 is 2.32 bits per heavy atom. The lowest BCUT2D eigenvalue weighted by Crippen LogP contribution is -2.53. The molecule has 0 aromatic heterocycles. The Balaban J connectivity index is 2.10. The predicted molar refractivity (Wildman–Crippen MR) is 87.6 cm³/mol. The van der Waals surface area contributed by atoms with Crippen molar-refractivity contribution >= 4 is 33.2 Å². The Morgan fingerprint density at radius 2 is 1.79 bits per heavy atom. The molecule has 0 radical (unpaired) electrons. The minimum absolute atomic E-state index is 0.268. The molecule has 1 aliphatic heterocycles. The quantitative estimate of drug-likeness (QED) is 0.743. The third-order valence-electron chi connectivity index (χ3n) is 3.75. The van der Waals surface area contributed by atoms with Crippen molar-refractivity contribution < 1.29 is 0 Å². The first-order valence-electron chi connectivity index (χ1n) is 6.76. The van der Waals surface area contributed by atoms with Crippen LogP contribution in [-0.4, -0.2) is 36.6 Å². The summed E-state index contributed by atoms with van der Waals surface area (Å²) in [4.78, 5) is 5.02. The van der Waals surface area contributed by atoms with Gasteiger partial charge >= 0.3 is 0 Å². The summed E-state index contributed by atoms with van der Waals surface area (Å²) in [5, 5.41) is 1.66. The van der Waals surface area contributed by atoms with Crippen molar-refractivity contribution in [2.45, 2.75) is 31.6 Å². The first kappa shape index (κ1) is 15.1. The fraction of sp³-hybridized carbons (Fsp3) is 0.600. The zero-order valence-electron chi connectivity index (χ0n) is 11.9. The highest BCUT2D eigenvalue weighted by Gasteiger charge is 2.26. The largest absolute Gasteiger partial charge is 0.369 e. The summed E-state index contributed by atoms with van der Waals surface area (Å²) >= 11 is 9.63. The summed E-state index contributed by atoms with van der Waals surface area (Å²) in [5.41, 5.74) is 2.86. The van der Waals surface area contributed by atoms with Crippen LogP contribution in [0.2, 0.25) is 5.02 Å². The van der Waals surface area contributed by atoms with E-state index in [-0.39, 0.29) is 5.54 Å².